The minimum atomic E-state index is -4.02. The smallest absolute Gasteiger partial charge is 0.238 e. The number of aliphatic hydroxyl groups is 1. The lowest BCUT2D eigenvalue weighted by molar-refractivity contribution is 0.271. The highest BCUT2D eigenvalue weighted by Crippen LogP contribution is 2.21. The number of hydrogen-bond acceptors (Lipinski definition) is 5. The highest BCUT2D eigenvalue weighted by molar-refractivity contribution is 7.89. The first-order valence-corrected chi connectivity index (χ1v) is 9.68. The second-order valence-electron chi connectivity index (χ2n) is 6.28. The highest BCUT2D eigenvalue weighted by Gasteiger charge is 2.18. The van der Waals surface area contributed by atoms with E-state index in [-0.39, 0.29) is 16.4 Å². The number of nitrogens with zero attached hydrogens (tertiary/aromatic N) is 3. The minimum absolute atomic E-state index is 0.0226. The summed E-state index contributed by atoms with van der Waals surface area (Å²) in [6, 6.07) is 9.28. The number of aliphatic hydroxyl groups excluding tert-OH is 1. The van der Waals surface area contributed by atoms with E-state index in [1.54, 1.807) is 0 Å². The van der Waals surface area contributed by atoms with Gasteiger partial charge in [0.1, 0.15) is 23.9 Å². The van der Waals surface area contributed by atoms with E-state index in [1.165, 1.54) is 16.8 Å². The Balaban J connectivity index is 2.07. The van der Waals surface area contributed by atoms with Crippen molar-refractivity contribution in [3.8, 4) is 5.69 Å². The lowest BCUT2D eigenvalue weighted by Gasteiger charge is -2.10. The summed E-state index contributed by atoms with van der Waals surface area (Å²) in [4.78, 5) is 3.94. The van der Waals surface area contributed by atoms with E-state index >= 15 is 0 Å². The van der Waals surface area contributed by atoms with Crippen molar-refractivity contribution < 1.29 is 17.9 Å². The van der Waals surface area contributed by atoms with E-state index in [2.05, 4.69) is 10.1 Å². The lowest BCUT2D eigenvalue weighted by Crippen LogP contribution is -2.13. The number of benzene rings is 2. The number of primary sulfonamides is 1. The molecule has 0 amide bonds. The summed E-state index contributed by atoms with van der Waals surface area (Å²) < 4.78 is 38.6. The number of hydrogen-bond donors (Lipinski definition) is 2. The van der Waals surface area contributed by atoms with Gasteiger partial charge in [0.15, 0.2) is 5.82 Å². The molecule has 0 unspecified atom stereocenters. The van der Waals surface area contributed by atoms with Crippen molar-refractivity contribution in [3.63, 3.8) is 0 Å². The normalized spacial score (nSPS) is 11.7. The molecule has 27 heavy (non-hydrogen) atoms. The zero-order chi connectivity index (χ0) is 19.8. The average Bonchev–Trinajstić information content (AvgIpc) is 2.99. The largest absolute Gasteiger partial charge is 0.388 e. The molecule has 0 saturated heterocycles. The Morgan fingerprint density at radius 3 is 2.52 bits per heavy atom. The van der Waals surface area contributed by atoms with Crippen molar-refractivity contribution >= 4 is 10.0 Å². The van der Waals surface area contributed by atoms with Gasteiger partial charge in [-0.2, -0.15) is 0 Å². The van der Waals surface area contributed by atoms with Gasteiger partial charge in [-0.1, -0.05) is 23.8 Å². The third-order valence-electron chi connectivity index (χ3n) is 4.18. The van der Waals surface area contributed by atoms with E-state index in [1.807, 2.05) is 32.0 Å². The first-order valence-electron chi connectivity index (χ1n) is 8.13. The molecule has 9 heteroatoms. The summed E-state index contributed by atoms with van der Waals surface area (Å²) in [7, 11) is -4.02. The maximum Gasteiger partial charge on any atom is 0.238 e. The van der Waals surface area contributed by atoms with Crippen LogP contribution in [0.4, 0.5) is 4.39 Å². The third kappa shape index (κ3) is 4.05. The molecule has 0 spiro atoms. The van der Waals surface area contributed by atoms with E-state index in [9.17, 15) is 17.9 Å². The number of nitrogens with two attached hydrogens (primary N) is 1. The highest BCUT2D eigenvalue weighted by atomic mass is 32.2. The van der Waals surface area contributed by atoms with Gasteiger partial charge in [0.25, 0.3) is 0 Å². The molecule has 0 aliphatic heterocycles. The summed E-state index contributed by atoms with van der Waals surface area (Å²) in [5.41, 5.74) is 3.19. The Kier molecular flexibility index (Phi) is 5.09. The summed E-state index contributed by atoms with van der Waals surface area (Å²) in [5, 5.41) is 18.5. The fraction of sp³-hybridized carbons (Fsp3) is 0.222. The average molecular weight is 390 g/mol. The molecular weight excluding hydrogens is 371 g/mol. The summed E-state index contributed by atoms with van der Waals surface area (Å²) in [6.45, 7) is 3.56. The second-order valence-corrected chi connectivity index (χ2v) is 7.84. The van der Waals surface area contributed by atoms with Crippen LogP contribution in [-0.4, -0.2) is 28.3 Å². The van der Waals surface area contributed by atoms with Crippen molar-refractivity contribution in [1.82, 2.24) is 14.8 Å². The molecule has 0 bridgehead atoms. The molecule has 7 nitrogen and oxygen atoms in total. The van der Waals surface area contributed by atoms with Gasteiger partial charge in [-0.25, -0.2) is 27.6 Å². The van der Waals surface area contributed by atoms with Crippen molar-refractivity contribution in [2.24, 2.45) is 5.14 Å². The molecule has 0 aliphatic carbocycles. The fourth-order valence-corrected chi connectivity index (χ4v) is 3.34. The molecule has 0 radical (unpaired) electrons. The molecule has 0 fully saturated rings. The van der Waals surface area contributed by atoms with Gasteiger partial charge in [-0.05, 0) is 43.2 Å². The summed E-state index contributed by atoms with van der Waals surface area (Å²) >= 11 is 0. The van der Waals surface area contributed by atoms with Crippen LogP contribution < -0.4 is 5.14 Å². The number of halogens is 1. The predicted octanol–water partition coefficient (Wildman–Crippen LogP) is 1.75. The standard InChI is InChI=1S/C18H19FN4O3S/c1-11-3-4-13(12(2)7-11)8-18-21-17(10-24)22-23(18)16-6-5-14(9-15(16)19)27(20,25)26/h3-7,9,24H,8,10H2,1-2H3,(H2,20,25,26). The summed E-state index contributed by atoms with van der Waals surface area (Å²) in [6.07, 6.45) is 0.371. The molecule has 1 aromatic heterocycles. The number of aromatic nitrogens is 3. The zero-order valence-electron chi connectivity index (χ0n) is 14.8. The van der Waals surface area contributed by atoms with Crippen LogP contribution in [0.2, 0.25) is 0 Å². The van der Waals surface area contributed by atoms with E-state index in [4.69, 9.17) is 5.14 Å². The Labute approximate surface area is 156 Å². The molecule has 0 atom stereocenters. The topological polar surface area (TPSA) is 111 Å². The van der Waals surface area contributed by atoms with Crippen molar-refractivity contribution in [3.05, 3.63) is 70.6 Å². The van der Waals surface area contributed by atoms with Crippen molar-refractivity contribution in [2.45, 2.75) is 31.8 Å². The maximum atomic E-state index is 14.6. The molecule has 1 heterocycles. The molecule has 0 saturated carbocycles. The van der Waals surface area contributed by atoms with Gasteiger partial charge in [0.05, 0.1) is 4.90 Å². The van der Waals surface area contributed by atoms with Crippen LogP contribution in [-0.2, 0) is 23.1 Å². The Hall–Kier alpha value is -2.62. The first-order chi connectivity index (χ1) is 12.7. The number of aryl methyl sites for hydroxylation is 2. The Morgan fingerprint density at radius 2 is 1.93 bits per heavy atom. The summed E-state index contributed by atoms with van der Waals surface area (Å²) in [5.74, 6) is -0.240. The van der Waals surface area contributed by atoms with Crippen LogP contribution in [0.5, 0.6) is 0 Å². The van der Waals surface area contributed by atoms with Crippen molar-refractivity contribution in [2.75, 3.05) is 0 Å². The van der Waals surface area contributed by atoms with Crippen LogP contribution in [0.1, 0.15) is 28.3 Å². The molecule has 142 valence electrons. The van der Waals surface area contributed by atoms with Gasteiger partial charge in [-0.3, -0.25) is 0 Å². The monoisotopic (exact) mass is 390 g/mol. The third-order valence-corrected chi connectivity index (χ3v) is 5.09. The maximum absolute atomic E-state index is 14.6. The number of rotatable bonds is 5. The first kappa shape index (κ1) is 19.2. The predicted molar refractivity (Wildman–Crippen MR) is 97.3 cm³/mol. The molecule has 3 rings (SSSR count). The van der Waals surface area contributed by atoms with Gasteiger partial charge >= 0.3 is 0 Å². The molecule has 0 aliphatic rings. The fourth-order valence-electron chi connectivity index (χ4n) is 2.82. The molecule has 3 aromatic rings. The van der Waals surface area contributed by atoms with Crippen LogP contribution >= 0.6 is 0 Å². The van der Waals surface area contributed by atoms with E-state index in [0.717, 1.165) is 22.8 Å². The Bertz CT molecular complexity index is 1110. The minimum Gasteiger partial charge on any atom is -0.388 e. The second kappa shape index (κ2) is 7.18. The van der Waals surface area contributed by atoms with E-state index < -0.39 is 22.4 Å². The van der Waals surface area contributed by atoms with Crippen LogP contribution in [0.15, 0.2) is 41.3 Å². The zero-order valence-corrected chi connectivity index (χ0v) is 15.7. The lowest BCUT2D eigenvalue weighted by atomic mass is 10.0. The van der Waals surface area contributed by atoms with Crippen LogP contribution in [0.25, 0.3) is 5.69 Å². The molecule has 2 aromatic carbocycles. The van der Waals surface area contributed by atoms with Gasteiger partial charge in [0.2, 0.25) is 10.0 Å². The Morgan fingerprint density at radius 1 is 1.19 bits per heavy atom. The molecular formula is C18H19FN4O3S. The van der Waals surface area contributed by atoms with Crippen LogP contribution in [0.3, 0.4) is 0 Å². The van der Waals surface area contributed by atoms with Gasteiger partial charge < -0.3 is 5.11 Å². The molecule has 3 N–H and O–H groups in total. The van der Waals surface area contributed by atoms with Crippen molar-refractivity contribution in [1.29, 1.82) is 0 Å². The van der Waals surface area contributed by atoms with Gasteiger partial charge in [0, 0.05) is 6.42 Å². The number of sulfonamides is 1. The van der Waals surface area contributed by atoms with Crippen LogP contribution in [0, 0.1) is 19.7 Å². The SMILES string of the molecule is Cc1ccc(Cc2nc(CO)nn2-c2ccc(S(N)(=O)=O)cc2F)c(C)c1. The quantitative estimate of drug-likeness (QED) is 0.689. The van der Waals surface area contributed by atoms with Gasteiger partial charge in [-0.15, -0.1) is 5.10 Å². The van der Waals surface area contributed by atoms with E-state index in [0.29, 0.717) is 12.2 Å².